The molecule has 6 nitrogen and oxygen atoms in total. The number of hydrogen-bond donors (Lipinski definition) is 2. The van der Waals surface area contributed by atoms with Gasteiger partial charge in [-0.1, -0.05) is 48.0 Å². The highest BCUT2D eigenvalue weighted by molar-refractivity contribution is 7.71. The third kappa shape index (κ3) is 3.63. The third-order valence-corrected chi connectivity index (χ3v) is 4.56. The minimum Gasteiger partial charge on any atom is -0.323 e. The van der Waals surface area contributed by atoms with Crippen LogP contribution in [0.1, 0.15) is 5.56 Å². The molecule has 0 unspecified atom stereocenters. The molecule has 1 amide bonds. The predicted octanol–water partition coefficient (Wildman–Crippen LogP) is 4.10. The lowest BCUT2D eigenvalue weighted by atomic mass is 10.1. The summed E-state index contributed by atoms with van der Waals surface area (Å²) in [4.78, 5) is 16.9. The first-order valence-electron chi connectivity index (χ1n) is 8.47. The van der Waals surface area contributed by atoms with Gasteiger partial charge in [0.2, 0.25) is 5.91 Å². The SMILES string of the molecule is Cc1ccc(-c2n[nH]c(=S)n2CC(=O)Nc2cnc3ccccc3c2)cc1. The van der Waals surface area contributed by atoms with Gasteiger partial charge in [-0.3, -0.25) is 19.4 Å². The minimum atomic E-state index is -0.196. The topological polar surface area (TPSA) is 75.6 Å². The van der Waals surface area contributed by atoms with Gasteiger partial charge in [-0.25, -0.2) is 0 Å². The lowest BCUT2D eigenvalue weighted by Gasteiger charge is -2.09. The average molecular weight is 375 g/mol. The van der Waals surface area contributed by atoms with Crippen molar-refractivity contribution < 1.29 is 4.79 Å². The normalized spacial score (nSPS) is 10.9. The van der Waals surface area contributed by atoms with Gasteiger partial charge in [-0.15, -0.1) is 0 Å². The van der Waals surface area contributed by atoms with E-state index in [2.05, 4.69) is 20.5 Å². The van der Waals surface area contributed by atoms with E-state index in [1.165, 1.54) is 0 Å². The molecular formula is C20H17N5OS. The van der Waals surface area contributed by atoms with Gasteiger partial charge in [0.1, 0.15) is 6.54 Å². The van der Waals surface area contributed by atoms with Gasteiger partial charge in [0.15, 0.2) is 10.6 Å². The Morgan fingerprint density at radius 1 is 1.19 bits per heavy atom. The Kier molecular flexibility index (Phi) is 4.52. The number of fused-ring (bicyclic) bond motifs is 1. The maximum absolute atomic E-state index is 12.6. The van der Waals surface area contributed by atoms with Crippen molar-refractivity contribution in [2.45, 2.75) is 13.5 Å². The highest BCUT2D eigenvalue weighted by Gasteiger charge is 2.13. The van der Waals surface area contributed by atoms with Gasteiger partial charge in [-0.2, -0.15) is 5.10 Å². The van der Waals surface area contributed by atoms with Gasteiger partial charge in [0.05, 0.1) is 17.4 Å². The number of nitrogens with zero attached hydrogens (tertiary/aromatic N) is 3. The zero-order valence-corrected chi connectivity index (χ0v) is 15.5. The maximum atomic E-state index is 12.6. The Labute approximate surface area is 160 Å². The summed E-state index contributed by atoms with van der Waals surface area (Å²) in [5, 5.41) is 10.9. The van der Waals surface area contributed by atoms with Gasteiger partial charge in [0, 0.05) is 10.9 Å². The summed E-state index contributed by atoms with van der Waals surface area (Å²) in [6.45, 7) is 2.08. The van der Waals surface area contributed by atoms with Gasteiger partial charge < -0.3 is 5.32 Å². The molecule has 4 rings (SSSR count). The van der Waals surface area contributed by atoms with Gasteiger partial charge >= 0.3 is 0 Å². The van der Waals surface area contributed by atoms with Crippen LogP contribution in [0.2, 0.25) is 0 Å². The standard InChI is InChI=1S/C20H17N5OS/c1-13-6-8-14(9-7-13)19-23-24-20(27)25(19)12-18(26)22-16-10-15-4-2-3-5-17(15)21-11-16/h2-11H,12H2,1H3,(H,22,26)(H,24,27). The second-order valence-electron chi connectivity index (χ2n) is 6.27. The van der Waals surface area contributed by atoms with Crippen molar-refractivity contribution in [1.29, 1.82) is 0 Å². The van der Waals surface area contributed by atoms with Crippen molar-refractivity contribution >= 4 is 34.7 Å². The number of H-pyrrole nitrogens is 1. The number of aromatic amines is 1. The molecule has 7 heteroatoms. The van der Waals surface area contributed by atoms with Gasteiger partial charge in [-0.05, 0) is 31.3 Å². The Hall–Kier alpha value is -3.32. The van der Waals surface area contributed by atoms with Crippen LogP contribution in [0.4, 0.5) is 5.69 Å². The number of carbonyl (C=O) groups is 1. The fraction of sp³-hybridized carbons (Fsp3) is 0.100. The summed E-state index contributed by atoms with van der Waals surface area (Å²) in [5.74, 6) is 0.435. The summed E-state index contributed by atoms with van der Waals surface area (Å²) in [6.07, 6.45) is 1.65. The van der Waals surface area contributed by atoms with Crippen LogP contribution in [0, 0.1) is 11.7 Å². The van der Waals surface area contributed by atoms with Crippen LogP contribution in [0.5, 0.6) is 0 Å². The van der Waals surface area contributed by atoms with Crippen molar-refractivity contribution in [3.8, 4) is 11.4 Å². The van der Waals surface area contributed by atoms with Crippen molar-refractivity contribution in [2.75, 3.05) is 5.32 Å². The first kappa shape index (κ1) is 17.1. The number of hydrogen-bond acceptors (Lipinski definition) is 4. The van der Waals surface area contributed by atoms with Crippen LogP contribution in [0.25, 0.3) is 22.3 Å². The molecule has 0 radical (unpaired) electrons. The summed E-state index contributed by atoms with van der Waals surface area (Å²) in [7, 11) is 0. The van der Waals surface area contributed by atoms with E-state index in [9.17, 15) is 4.79 Å². The quantitative estimate of drug-likeness (QED) is 0.527. The van der Waals surface area contributed by atoms with Crippen LogP contribution >= 0.6 is 12.2 Å². The zero-order valence-electron chi connectivity index (χ0n) is 14.6. The van der Waals surface area contributed by atoms with E-state index in [1.54, 1.807) is 10.8 Å². The highest BCUT2D eigenvalue weighted by atomic mass is 32.1. The molecule has 0 aliphatic carbocycles. The van der Waals surface area contributed by atoms with Crippen molar-refractivity contribution in [3.05, 3.63) is 71.1 Å². The number of aryl methyl sites for hydroxylation is 1. The Bertz CT molecular complexity index is 1180. The molecular weight excluding hydrogens is 358 g/mol. The van der Waals surface area contributed by atoms with E-state index in [0.717, 1.165) is 22.0 Å². The monoisotopic (exact) mass is 375 g/mol. The molecule has 0 spiro atoms. The van der Waals surface area contributed by atoms with Crippen LogP contribution < -0.4 is 5.32 Å². The number of para-hydroxylation sites is 1. The second kappa shape index (κ2) is 7.13. The maximum Gasteiger partial charge on any atom is 0.244 e. The molecule has 0 saturated carbocycles. The lowest BCUT2D eigenvalue weighted by Crippen LogP contribution is -2.19. The molecule has 2 N–H and O–H groups in total. The molecule has 0 atom stereocenters. The third-order valence-electron chi connectivity index (χ3n) is 4.24. The smallest absolute Gasteiger partial charge is 0.244 e. The van der Waals surface area contributed by atoms with E-state index in [0.29, 0.717) is 16.3 Å². The second-order valence-corrected chi connectivity index (χ2v) is 6.66. The molecule has 2 heterocycles. The van der Waals surface area contributed by atoms with Gasteiger partial charge in [0.25, 0.3) is 0 Å². The van der Waals surface area contributed by atoms with Crippen LogP contribution in [-0.2, 0) is 11.3 Å². The summed E-state index contributed by atoms with van der Waals surface area (Å²) < 4.78 is 2.08. The highest BCUT2D eigenvalue weighted by Crippen LogP contribution is 2.19. The largest absolute Gasteiger partial charge is 0.323 e. The zero-order chi connectivity index (χ0) is 18.8. The molecule has 0 aliphatic heterocycles. The van der Waals surface area contributed by atoms with Crippen LogP contribution in [0.3, 0.4) is 0 Å². The van der Waals surface area contributed by atoms with E-state index < -0.39 is 0 Å². The van der Waals surface area contributed by atoms with E-state index in [4.69, 9.17) is 12.2 Å². The lowest BCUT2D eigenvalue weighted by molar-refractivity contribution is -0.116. The number of aromatic nitrogens is 4. The number of benzene rings is 2. The number of nitrogens with one attached hydrogen (secondary N) is 2. The van der Waals surface area contributed by atoms with E-state index in [-0.39, 0.29) is 12.5 Å². The number of rotatable bonds is 4. The molecule has 0 aliphatic rings. The Morgan fingerprint density at radius 2 is 1.96 bits per heavy atom. The number of pyridine rings is 1. The molecule has 134 valence electrons. The molecule has 4 aromatic rings. The first-order valence-corrected chi connectivity index (χ1v) is 8.88. The summed E-state index contributed by atoms with van der Waals surface area (Å²) in [5.41, 5.74) is 3.58. The molecule has 2 aromatic heterocycles. The number of amides is 1. The fourth-order valence-electron chi connectivity index (χ4n) is 2.87. The Morgan fingerprint density at radius 3 is 2.78 bits per heavy atom. The summed E-state index contributed by atoms with van der Waals surface area (Å²) in [6, 6.07) is 17.6. The van der Waals surface area contributed by atoms with Crippen molar-refractivity contribution in [1.82, 2.24) is 19.7 Å². The molecule has 0 fully saturated rings. The number of anilines is 1. The van der Waals surface area contributed by atoms with Crippen molar-refractivity contribution in [3.63, 3.8) is 0 Å². The summed E-state index contributed by atoms with van der Waals surface area (Å²) >= 11 is 5.30. The average Bonchev–Trinajstić information content (AvgIpc) is 3.03. The molecule has 27 heavy (non-hydrogen) atoms. The van der Waals surface area contributed by atoms with Crippen LogP contribution in [0.15, 0.2) is 60.8 Å². The van der Waals surface area contributed by atoms with E-state index in [1.807, 2.05) is 61.5 Å². The molecule has 0 saturated heterocycles. The molecule has 2 aromatic carbocycles. The molecule has 0 bridgehead atoms. The Balaban J connectivity index is 1.56. The number of carbonyl (C=O) groups excluding carboxylic acids is 1. The van der Waals surface area contributed by atoms with Crippen molar-refractivity contribution in [2.24, 2.45) is 0 Å². The van der Waals surface area contributed by atoms with E-state index >= 15 is 0 Å². The first-order chi connectivity index (χ1) is 13.1. The minimum absolute atomic E-state index is 0.0609. The fourth-order valence-corrected chi connectivity index (χ4v) is 3.07. The van der Waals surface area contributed by atoms with Crippen LogP contribution in [-0.4, -0.2) is 25.7 Å². The predicted molar refractivity (Wildman–Crippen MR) is 108 cm³/mol.